The fraction of sp³-hybridized carbons (Fsp3) is 0.941. The standard InChI is InChI=1S/C17H32N2O3/c1-17(2,3)22-16(20)19-9-6-14(7-10-19)13-18-15-5-4-11-21-12-8-15/h14-15,18H,4-13H2,1-3H3. The molecule has 5 heteroatoms. The minimum Gasteiger partial charge on any atom is -0.444 e. The molecule has 0 aliphatic carbocycles. The van der Waals surface area contributed by atoms with Crippen molar-refractivity contribution in [3.63, 3.8) is 0 Å². The highest BCUT2D eigenvalue weighted by molar-refractivity contribution is 5.68. The SMILES string of the molecule is CC(C)(C)OC(=O)N1CCC(CNC2CCCOCC2)CC1. The van der Waals surface area contributed by atoms with Crippen LogP contribution in [0.25, 0.3) is 0 Å². The van der Waals surface area contributed by atoms with E-state index in [0.717, 1.165) is 58.5 Å². The summed E-state index contributed by atoms with van der Waals surface area (Å²) < 4.78 is 10.9. The van der Waals surface area contributed by atoms with Crippen molar-refractivity contribution < 1.29 is 14.3 Å². The number of nitrogens with one attached hydrogen (secondary N) is 1. The third kappa shape index (κ3) is 6.13. The molecule has 2 heterocycles. The van der Waals surface area contributed by atoms with Crippen molar-refractivity contribution >= 4 is 6.09 Å². The van der Waals surface area contributed by atoms with Gasteiger partial charge >= 0.3 is 6.09 Å². The highest BCUT2D eigenvalue weighted by atomic mass is 16.6. The first-order valence-electron chi connectivity index (χ1n) is 8.73. The quantitative estimate of drug-likeness (QED) is 0.870. The average molecular weight is 312 g/mol. The van der Waals surface area contributed by atoms with Gasteiger partial charge in [0.05, 0.1) is 0 Å². The van der Waals surface area contributed by atoms with Crippen molar-refractivity contribution in [2.75, 3.05) is 32.8 Å². The lowest BCUT2D eigenvalue weighted by Crippen LogP contribution is -2.44. The summed E-state index contributed by atoms with van der Waals surface area (Å²) in [6.45, 7) is 10.2. The molecule has 2 fully saturated rings. The number of likely N-dealkylation sites (tertiary alicyclic amines) is 1. The van der Waals surface area contributed by atoms with Gasteiger partial charge in [-0.2, -0.15) is 0 Å². The Morgan fingerprint density at radius 1 is 1.18 bits per heavy atom. The summed E-state index contributed by atoms with van der Waals surface area (Å²) in [4.78, 5) is 13.9. The molecule has 1 atom stereocenters. The van der Waals surface area contributed by atoms with E-state index < -0.39 is 5.60 Å². The molecule has 0 aromatic rings. The fourth-order valence-corrected chi connectivity index (χ4v) is 3.09. The summed E-state index contributed by atoms with van der Waals surface area (Å²) in [7, 11) is 0. The third-order valence-electron chi connectivity index (χ3n) is 4.41. The van der Waals surface area contributed by atoms with Crippen LogP contribution >= 0.6 is 0 Å². The second-order valence-corrected chi connectivity index (χ2v) is 7.56. The number of ether oxygens (including phenoxy) is 2. The van der Waals surface area contributed by atoms with Gasteiger partial charge in [-0.1, -0.05) is 0 Å². The molecule has 2 aliphatic heterocycles. The maximum absolute atomic E-state index is 12.0. The van der Waals surface area contributed by atoms with E-state index in [1.54, 1.807) is 0 Å². The van der Waals surface area contributed by atoms with Crippen LogP contribution in [-0.4, -0.2) is 55.5 Å². The van der Waals surface area contributed by atoms with Gasteiger partial charge in [-0.15, -0.1) is 0 Å². The van der Waals surface area contributed by atoms with Gasteiger partial charge in [-0.3, -0.25) is 0 Å². The molecule has 1 N–H and O–H groups in total. The predicted octanol–water partition coefficient (Wildman–Crippen LogP) is 2.79. The predicted molar refractivity (Wildman–Crippen MR) is 87.0 cm³/mol. The molecule has 22 heavy (non-hydrogen) atoms. The number of piperidine rings is 1. The molecule has 2 rings (SSSR count). The van der Waals surface area contributed by atoms with Crippen LogP contribution in [-0.2, 0) is 9.47 Å². The molecule has 0 spiro atoms. The fourth-order valence-electron chi connectivity index (χ4n) is 3.09. The zero-order valence-electron chi connectivity index (χ0n) is 14.4. The first kappa shape index (κ1) is 17.5. The molecule has 0 saturated carbocycles. The molecule has 1 amide bonds. The number of hydrogen-bond acceptors (Lipinski definition) is 4. The number of rotatable bonds is 3. The Kier molecular flexibility index (Phi) is 6.50. The van der Waals surface area contributed by atoms with Crippen LogP contribution in [0.4, 0.5) is 4.79 Å². The smallest absolute Gasteiger partial charge is 0.410 e. The van der Waals surface area contributed by atoms with Gasteiger partial charge in [0.15, 0.2) is 0 Å². The molecular weight excluding hydrogens is 280 g/mol. The van der Waals surface area contributed by atoms with Crippen LogP contribution in [0.3, 0.4) is 0 Å². The highest BCUT2D eigenvalue weighted by Crippen LogP contribution is 2.20. The van der Waals surface area contributed by atoms with Crippen LogP contribution in [0.2, 0.25) is 0 Å². The third-order valence-corrected chi connectivity index (χ3v) is 4.41. The van der Waals surface area contributed by atoms with Crippen molar-refractivity contribution in [1.82, 2.24) is 10.2 Å². The lowest BCUT2D eigenvalue weighted by atomic mass is 9.96. The minimum atomic E-state index is -0.406. The summed E-state index contributed by atoms with van der Waals surface area (Å²) >= 11 is 0. The Bertz CT molecular complexity index is 338. The molecule has 0 bridgehead atoms. The summed E-state index contributed by atoms with van der Waals surface area (Å²) in [5.41, 5.74) is -0.406. The van der Waals surface area contributed by atoms with Gasteiger partial charge < -0.3 is 19.7 Å². The maximum atomic E-state index is 12.0. The van der Waals surface area contributed by atoms with E-state index in [-0.39, 0.29) is 6.09 Å². The van der Waals surface area contributed by atoms with Crippen molar-refractivity contribution in [3.8, 4) is 0 Å². The van der Waals surface area contributed by atoms with Crippen LogP contribution in [0, 0.1) is 5.92 Å². The molecule has 2 saturated heterocycles. The van der Waals surface area contributed by atoms with Gasteiger partial charge in [0.2, 0.25) is 0 Å². The van der Waals surface area contributed by atoms with Crippen molar-refractivity contribution in [2.24, 2.45) is 5.92 Å². The van der Waals surface area contributed by atoms with E-state index >= 15 is 0 Å². The monoisotopic (exact) mass is 312 g/mol. The van der Waals surface area contributed by atoms with Crippen molar-refractivity contribution in [1.29, 1.82) is 0 Å². The van der Waals surface area contributed by atoms with Gasteiger partial charge in [0.1, 0.15) is 5.60 Å². The lowest BCUT2D eigenvalue weighted by molar-refractivity contribution is 0.0183. The van der Waals surface area contributed by atoms with Gasteiger partial charge in [-0.25, -0.2) is 4.79 Å². The van der Waals surface area contributed by atoms with E-state index in [2.05, 4.69) is 5.32 Å². The number of carbonyl (C=O) groups excluding carboxylic acids is 1. The van der Waals surface area contributed by atoms with Gasteiger partial charge in [0, 0.05) is 32.3 Å². The van der Waals surface area contributed by atoms with E-state index in [1.807, 2.05) is 25.7 Å². The molecule has 5 nitrogen and oxygen atoms in total. The molecular formula is C17H32N2O3. The topological polar surface area (TPSA) is 50.8 Å². The zero-order chi connectivity index (χ0) is 16.0. The Hall–Kier alpha value is -0.810. The van der Waals surface area contributed by atoms with Gasteiger partial charge in [-0.05, 0) is 65.3 Å². The first-order valence-corrected chi connectivity index (χ1v) is 8.73. The molecule has 0 aromatic carbocycles. The van der Waals surface area contributed by atoms with Gasteiger partial charge in [0.25, 0.3) is 0 Å². The molecule has 128 valence electrons. The summed E-state index contributed by atoms with van der Waals surface area (Å²) in [6.07, 6.45) is 5.47. The number of amides is 1. The second-order valence-electron chi connectivity index (χ2n) is 7.56. The van der Waals surface area contributed by atoms with Crippen LogP contribution in [0.5, 0.6) is 0 Å². The Morgan fingerprint density at radius 2 is 1.91 bits per heavy atom. The minimum absolute atomic E-state index is 0.167. The van der Waals surface area contributed by atoms with E-state index in [4.69, 9.17) is 9.47 Å². The number of nitrogens with zero attached hydrogens (tertiary/aromatic N) is 1. The van der Waals surface area contributed by atoms with Crippen molar-refractivity contribution in [2.45, 2.75) is 64.5 Å². The summed E-state index contributed by atoms with van der Waals surface area (Å²) in [5.74, 6) is 0.669. The number of hydrogen-bond donors (Lipinski definition) is 1. The van der Waals surface area contributed by atoms with Crippen LogP contribution < -0.4 is 5.32 Å². The van der Waals surface area contributed by atoms with Crippen molar-refractivity contribution in [3.05, 3.63) is 0 Å². The highest BCUT2D eigenvalue weighted by Gasteiger charge is 2.27. The van der Waals surface area contributed by atoms with Crippen LogP contribution in [0.1, 0.15) is 52.9 Å². The normalized spacial score (nSPS) is 24.9. The Labute approximate surface area is 134 Å². The zero-order valence-corrected chi connectivity index (χ0v) is 14.4. The molecule has 0 aromatic heterocycles. The van der Waals surface area contributed by atoms with E-state index in [1.165, 1.54) is 6.42 Å². The van der Waals surface area contributed by atoms with E-state index in [9.17, 15) is 4.79 Å². The Morgan fingerprint density at radius 3 is 2.59 bits per heavy atom. The summed E-state index contributed by atoms with van der Waals surface area (Å²) in [6, 6.07) is 0.603. The molecule has 1 unspecified atom stereocenters. The number of carbonyl (C=O) groups is 1. The maximum Gasteiger partial charge on any atom is 0.410 e. The second kappa shape index (κ2) is 8.16. The molecule has 2 aliphatic rings. The largest absolute Gasteiger partial charge is 0.444 e. The lowest BCUT2D eigenvalue weighted by Gasteiger charge is -2.34. The average Bonchev–Trinajstić information content (AvgIpc) is 2.72. The molecule has 0 radical (unpaired) electrons. The van der Waals surface area contributed by atoms with E-state index in [0.29, 0.717) is 12.0 Å². The first-order chi connectivity index (χ1) is 10.4. The van der Waals surface area contributed by atoms with Crippen LogP contribution in [0.15, 0.2) is 0 Å². The Balaban J connectivity index is 1.65. The summed E-state index contributed by atoms with van der Waals surface area (Å²) in [5, 5.41) is 3.70.